The smallest absolute Gasteiger partial charge is 0.309 e. The lowest BCUT2D eigenvalue weighted by atomic mass is 9.95. The summed E-state index contributed by atoms with van der Waals surface area (Å²) in [6.07, 6.45) is -38.0. The van der Waals surface area contributed by atoms with E-state index in [4.69, 9.17) is 71.1 Å². The number of hydrogen-bond donors (Lipinski definition) is 10. The molecule has 0 aromatic heterocycles. The molecule has 29 unspecified atom stereocenters. The maximum Gasteiger partial charge on any atom is 0.309 e. The van der Waals surface area contributed by atoms with Gasteiger partial charge in [0.25, 0.3) is 0 Å². The molecule has 0 amide bonds. The van der Waals surface area contributed by atoms with E-state index in [9.17, 15) is 75.0 Å². The molecule has 0 aromatic carbocycles. The number of aliphatic hydroxyl groups excluding tert-OH is 10. The van der Waals surface area contributed by atoms with E-state index in [1.54, 1.807) is 41.5 Å². The van der Waals surface area contributed by atoms with Gasteiger partial charge in [-0.15, -0.1) is 0 Å². The summed E-state index contributed by atoms with van der Waals surface area (Å²) in [5, 5.41) is 116. The molecule has 0 spiro atoms. The van der Waals surface area contributed by atoms with Crippen molar-refractivity contribution in [1.82, 2.24) is 0 Å². The zero-order valence-corrected chi connectivity index (χ0v) is 56.6. The van der Waals surface area contributed by atoms with Crippen molar-refractivity contribution in [3.63, 3.8) is 0 Å². The minimum Gasteiger partial charge on any atom is -0.456 e. The summed E-state index contributed by atoms with van der Waals surface area (Å²) >= 11 is 0. The van der Waals surface area contributed by atoms with Crippen molar-refractivity contribution in [2.45, 2.75) is 332 Å². The Bertz CT molecular complexity index is 2320. The van der Waals surface area contributed by atoms with Gasteiger partial charge in [-0.05, 0) is 45.4 Å². The van der Waals surface area contributed by atoms with Crippen LogP contribution in [0.15, 0.2) is 0 Å². The highest BCUT2D eigenvalue weighted by Crippen LogP contribution is 2.40. The van der Waals surface area contributed by atoms with Crippen molar-refractivity contribution in [1.29, 1.82) is 0 Å². The first-order valence-electron chi connectivity index (χ1n) is 34.4. The molecule has 6 aliphatic rings. The summed E-state index contributed by atoms with van der Waals surface area (Å²) in [6, 6.07) is 0. The summed E-state index contributed by atoms with van der Waals surface area (Å²) in [5.74, 6) is -7.35. The first-order chi connectivity index (χ1) is 45.3. The van der Waals surface area contributed by atoms with Gasteiger partial charge < -0.3 is 122 Å². The second-order valence-corrected chi connectivity index (χ2v) is 26.4. The molecule has 6 saturated heterocycles. The minimum absolute atomic E-state index is 0.117. The molecule has 29 atom stereocenters. The third-order valence-corrected chi connectivity index (χ3v) is 18.8. The molecule has 0 radical (unpaired) electrons. The van der Waals surface area contributed by atoms with Crippen LogP contribution in [0.2, 0.25) is 0 Å². The molecule has 30 heteroatoms. The summed E-state index contributed by atoms with van der Waals surface area (Å²) in [5.41, 5.74) is 0. The van der Waals surface area contributed by atoms with Crippen LogP contribution in [0.25, 0.3) is 0 Å². The maximum absolute atomic E-state index is 13.9. The fourth-order valence-electron chi connectivity index (χ4n) is 11.9. The van der Waals surface area contributed by atoms with E-state index in [2.05, 4.69) is 0 Å². The first-order valence-corrected chi connectivity index (χ1v) is 34.4. The molecule has 6 heterocycles. The Labute approximate surface area is 556 Å². The predicted octanol–water partition coefficient (Wildman–Crippen LogP) is 1.15. The minimum atomic E-state index is -2.24. The van der Waals surface area contributed by atoms with E-state index in [0.29, 0.717) is 44.9 Å². The third kappa shape index (κ3) is 21.3. The number of carbonyl (C=O) groups is 5. The molecule has 0 aromatic rings. The number of hydrogen-bond acceptors (Lipinski definition) is 30. The average Bonchev–Trinajstić information content (AvgIpc) is 0.771. The van der Waals surface area contributed by atoms with E-state index < -0.39 is 240 Å². The largest absolute Gasteiger partial charge is 0.456 e. The van der Waals surface area contributed by atoms with Gasteiger partial charge in [-0.2, -0.15) is 0 Å². The summed E-state index contributed by atoms with van der Waals surface area (Å²) in [4.78, 5) is 68.7. The Morgan fingerprint density at radius 1 is 0.474 bits per heavy atom. The van der Waals surface area contributed by atoms with Crippen LogP contribution in [-0.4, -0.2) is 267 Å². The van der Waals surface area contributed by atoms with E-state index in [1.807, 2.05) is 6.92 Å². The quantitative estimate of drug-likeness (QED) is 0.0464. The Morgan fingerprint density at radius 2 is 0.979 bits per heavy atom. The summed E-state index contributed by atoms with van der Waals surface area (Å²) in [6.45, 7) is 12.7. The second-order valence-electron chi connectivity index (χ2n) is 26.4. The normalized spacial score (nSPS) is 40.1. The van der Waals surface area contributed by atoms with Crippen LogP contribution >= 0.6 is 0 Å². The summed E-state index contributed by atoms with van der Waals surface area (Å²) < 4.78 is 94.0. The van der Waals surface area contributed by atoms with Gasteiger partial charge in [0.1, 0.15) is 85.5 Å². The van der Waals surface area contributed by atoms with Crippen LogP contribution in [0.4, 0.5) is 0 Å². The number of unbranched alkanes of at least 4 members (excludes halogenated alkanes) is 2. The van der Waals surface area contributed by atoms with E-state index >= 15 is 0 Å². The SMILES string of the molecule is CCCCCC1CCCCCCCCCC(=O)OC2C(OCC3OC(OC4C(O)C(CO)OC(OC5C(O1)OC(CO)C(O)C5O)C4OC1OC(C)C(OC(=O)C(C)CC)C(O)C1OC(=O)C(C)CC)C(O)C(OC(=O)C(C)C)C3OC(=O)C(C)CC)OC(CO)C(O)C2O. The molecule has 10 N–H and O–H groups in total. The van der Waals surface area contributed by atoms with E-state index in [-0.39, 0.29) is 19.3 Å². The van der Waals surface area contributed by atoms with Gasteiger partial charge in [-0.3, -0.25) is 24.0 Å². The topological polar surface area (TPSA) is 426 Å². The number of ether oxygens (including phenoxy) is 15. The highest BCUT2D eigenvalue weighted by Gasteiger charge is 2.60. The van der Waals surface area contributed by atoms with Crippen LogP contribution in [0.3, 0.4) is 0 Å². The van der Waals surface area contributed by atoms with Gasteiger partial charge in [0.05, 0.1) is 62.3 Å². The molecule has 550 valence electrons. The van der Waals surface area contributed by atoms with Gasteiger partial charge in [0, 0.05) is 6.42 Å². The van der Waals surface area contributed by atoms with Gasteiger partial charge >= 0.3 is 29.8 Å². The zero-order valence-electron chi connectivity index (χ0n) is 56.6. The molecule has 0 aliphatic carbocycles. The van der Waals surface area contributed by atoms with Crippen molar-refractivity contribution in [2.75, 3.05) is 26.4 Å². The van der Waals surface area contributed by atoms with E-state index in [1.165, 1.54) is 20.8 Å². The number of carbonyl (C=O) groups excluding carboxylic acids is 5. The fraction of sp³-hybridized carbons (Fsp3) is 0.923. The number of fused-ring (bicyclic) bond motifs is 6. The second kappa shape index (κ2) is 38.9. The molecule has 95 heavy (non-hydrogen) atoms. The Morgan fingerprint density at radius 3 is 1.55 bits per heavy atom. The lowest BCUT2D eigenvalue weighted by Crippen LogP contribution is -2.69. The lowest BCUT2D eigenvalue weighted by Gasteiger charge is -2.51. The number of aliphatic hydroxyl groups is 10. The first kappa shape index (κ1) is 80.5. The van der Waals surface area contributed by atoms with Crippen LogP contribution in [-0.2, 0) is 95.0 Å². The monoisotopic (exact) mass is 1370 g/mol. The van der Waals surface area contributed by atoms with Gasteiger partial charge in [0.15, 0.2) is 62.0 Å². The van der Waals surface area contributed by atoms with Crippen LogP contribution in [0, 0.1) is 23.7 Å². The van der Waals surface area contributed by atoms with Gasteiger partial charge in [0.2, 0.25) is 0 Å². The molecule has 6 rings (SSSR count). The molecule has 4 bridgehead atoms. The van der Waals surface area contributed by atoms with Crippen molar-refractivity contribution in [3.8, 4) is 0 Å². The van der Waals surface area contributed by atoms with Crippen LogP contribution in [0.5, 0.6) is 0 Å². The van der Waals surface area contributed by atoms with Gasteiger partial charge in [-0.1, -0.05) is 120 Å². The van der Waals surface area contributed by atoms with Crippen molar-refractivity contribution in [3.05, 3.63) is 0 Å². The Balaban J connectivity index is 1.55. The average molecular weight is 1370 g/mol. The predicted molar refractivity (Wildman–Crippen MR) is 326 cm³/mol. The molecule has 30 nitrogen and oxygen atoms in total. The fourth-order valence-corrected chi connectivity index (χ4v) is 11.9. The molecule has 6 fully saturated rings. The Hall–Kier alpha value is -3.45. The molecular formula is C65H110O30. The van der Waals surface area contributed by atoms with Crippen LogP contribution in [0.1, 0.15) is 172 Å². The highest BCUT2D eigenvalue weighted by atomic mass is 16.8. The molecular weight excluding hydrogens is 1260 g/mol. The standard InChI is InChI=1S/C65H110O30/c1-11-15-21-24-36-25-22-19-17-16-18-20-23-26-41(69)88-53-45(73)42(70)37(27-66)84-62(53)81-30-40-50(90-59(79)33(8)13-3)52(91-57(77)31(5)6)48(76)61(87-40)93-51-44(72)39(29-68)86-65(94-54-46(74)43(71)38(28-67)85-64(54)83-36)56(51)95-63-55(92-60(80)34(9)14-4)47(75)49(35(10)82-63)89-58(78)32(7)12-2/h31-40,42-56,61-68,70-76H,11-30H2,1-10H3. The van der Waals surface area contributed by atoms with Crippen molar-refractivity contribution < 1.29 is 146 Å². The van der Waals surface area contributed by atoms with E-state index in [0.717, 1.165) is 38.5 Å². The highest BCUT2D eigenvalue weighted by molar-refractivity contribution is 5.74. The lowest BCUT2D eigenvalue weighted by molar-refractivity contribution is -0.410. The third-order valence-electron chi connectivity index (χ3n) is 18.8. The number of rotatable bonds is 20. The maximum atomic E-state index is 13.9. The summed E-state index contributed by atoms with van der Waals surface area (Å²) in [7, 11) is 0. The molecule has 6 aliphatic heterocycles. The van der Waals surface area contributed by atoms with Crippen molar-refractivity contribution in [2.24, 2.45) is 23.7 Å². The van der Waals surface area contributed by atoms with Crippen molar-refractivity contribution >= 4 is 29.8 Å². The van der Waals surface area contributed by atoms with Crippen LogP contribution < -0.4 is 0 Å². The zero-order chi connectivity index (χ0) is 70.0. The Kier molecular flexibility index (Phi) is 33.0. The molecule has 0 saturated carbocycles. The van der Waals surface area contributed by atoms with Gasteiger partial charge in [-0.25, -0.2) is 0 Å². The number of esters is 5.